The van der Waals surface area contributed by atoms with Gasteiger partial charge < -0.3 is 25.6 Å². The van der Waals surface area contributed by atoms with Crippen molar-refractivity contribution in [3.05, 3.63) is 58.8 Å². The summed E-state index contributed by atoms with van der Waals surface area (Å²) in [6.07, 6.45) is 1.51. The molecule has 0 atom stereocenters. The Morgan fingerprint density at radius 1 is 0.967 bits per heavy atom. The zero-order valence-corrected chi connectivity index (χ0v) is 18.0. The highest BCUT2D eigenvalue weighted by molar-refractivity contribution is 6.36. The van der Waals surface area contributed by atoms with Gasteiger partial charge in [-0.3, -0.25) is 0 Å². The molecular formula is C21H22Cl2N6O. The molecule has 2 heterocycles. The average Bonchev–Trinajstić information content (AvgIpc) is 2.77. The highest BCUT2D eigenvalue weighted by Gasteiger charge is 2.22. The zero-order valence-electron chi connectivity index (χ0n) is 16.5. The maximum Gasteiger partial charge on any atom is 0.159 e. The van der Waals surface area contributed by atoms with Crippen LogP contribution in [0.4, 0.5) is 28.7 Å². The van der Waals surface area contributed by atoms with Crippen molar-refractivity contribution in [3.63, 3.8) is 0 Å². The highest BCUT2D eigenvalue weighted by atomic mass is 35.5. The van der Waals surface area contributed by atoms with Crippen LogP contribution in [0.3, 0.4) is 0 Å². The standard InChI is InChI=1S/C21H22Cl2N6O/c1-30-16-5-3-15(4-6-16)28-8-10-29(11-9-28)21-19(24)20(25-13-26-21)27-18-7-2-14(22)12-17(18)23/h2-7,12-13H,8-11,24H2,1H3,(H,25,26,27). The summed E-state index contributed by atoms with van der Waals surface area (Å²) in [6.45, 7) is 3.33. The number of benzene rings is 2. The minimum absolute atomic E-state index is 0.487. The quantitative estimate of drug-likeness (QED) is 0.601. The van der Waals surface area contributed by atoms with Crippen LogP contribution in [0.1, 0.15) is 0 Å². The first-order valence-corrected chi connectivity index (χ1v) is 10.3. The third kappa shape index (κ3) is 4.32. The van der Waals surface area contributed by atoms with E-state index in [1.165, 1.54) is 12.0 Å². The van der Waals surface area contributed by atoms with Gasteiger partial charge in [-0.1, -0.05) is 23.2 Å². The van der Waals surface area contributed by atoms with Crippen molar-refractivity contribution in [1.82, 2.24) is 9.97 Å². The number of hydrogen-bond donors (Lipinski definition) is 2. The number of hydrogen-bond acceptors (Lipinski definition) is 7. The number of nitrogens with two attached hydrogens (primary N) is 1. The largest absolute Gasteiger partial charge is 0.497 e. The number of rotatable bonds is 5. The van der Waals surface area contributed by atoms with Crippen LogP contribution >= 0.6 is 23.2 Å². The highest BCUT2D eigenvalue weighted by Crippen LogP contribution is 2.33. The van der Waals surface area contributed by atoms with Gasteiger partial charge in [0.05, 0.1) is 17.8 Å². The summed E-state index contributed by atoms with van der Waals surface area (Å²) >= 11 is 12.2. The molecule has 1 fully saturated rings. The minimum atomic E-state index is 0.487. The third-order valence-corrected chi connectivity index (χ3v) is 5.61. The van der Waals surface area contributed by atoms with E-state index in [0.29, 0.717) is 33.1 Å². The number of nitrogen functional groups attached to an aromatic ring is 1. The van der Waals surface area contributed by atoms with Gasteiger partial charge in [0.25, 0.3) is 0 Å². The fourth-order valence-corrected chi connectivity index (χ4v) is 3.88. The van der Waals surface area contributed by atoms with E-state index < -0.39 is 0 Å². The van der Waals surface area contributed by atoms with E-state index in [1.54, 1.807) is 25.3 Å². The van der Waals surface area contributed by atoms with Crippen LogP contribution in [0.5, 0.6) is 5.75 Å². The van der Waals surface area contributed by atoms with Gasteiger partial charge in [0, 0.05) is 36.9 Å². The molecule has 9 heteroatoms. The SMILES string of the molecule is COc1ccc(N2CCN(c3ncnc(Nc4ccc(Cl)cc4Cl)c3N)CC2)cc1. The van der Waals surface area contributed by atoms with E-state index in [9.17, 15) is 0 Å². The summed E-state index contributed by atoms with van der Waals surface area (Å²) in [6, 6.07) is 13.3. The second kappa shape index (κ2) is 8.85. The lowest BCUT2D eigenvalue weighted by molar-refractivity contribution is 0.415. The molecule has 1 saturated heterocycles. The van der Waals surface area contributed by atoms with Crippen LogP contribution in [0.15, 0.2) is 48.8 Å². The molecule has 3 N–H and O–H groups in total. The Labute approximate surface area is 185 Å². The molecule has 2 aromatic carbocycles. The van der Waals surface area contributed by atoms with Crippen molar-refractivity contribution in [2.24, 2.45) is 0 Å². The third-order valence-electron chi connectivity index (χ3n) is 5.06. The molecule has 0 spiro atoms. The Kier molecular flexibility index (Phi) is 6.01. The molecule has 1 aliphatic heterocycles. The van der Waals surface area contributed by atoms with Crippen LogP contribution in [-0.4, -0.2) is 43.3 Å². The van der Waals surface area contributed by atoms with Gasteiger partial charge in [-0.2, -0.15) is 0 Å². The number of halogens is 2. The molecule has 3 aromatic rings. The smallest absolute Gasteiger partial charge is 0.159 e. The predicted molar refractivity (Wildman–Crippen MR) is 124 cm³/mol. The van der Waals surface area contributed by atoms with Crippen LogP contribution in [0.25, 0.3) is 0 Å². The lowest BCUT2D eigenvalue weighted by atomic mass is 10.2. The first kappa shape index (κ1) is 20.4. The maximum atomic E-state index is 6.39. The summed E-state index contributed by atoms with van der Waals surface area (Å²) in [5, 5.41) is 4.24. The van der Waals surface area contributed by atoms with Crippen LogP contribution in [0.2, 0.25) is 10.0 Å². The van der Waals surface area contributed by atoms with Crippen LogP contribution < -0.4 is 25.6 Å². The Bertz CT molecular complexity index is 1020. The van der Waals surface area contributed by atoms with E-state index in [1.807, 2.05) is 12.1 Å². The van der Waals surface area contributed by atoms with Crippen molar-refractivity contribution in [3.8, 4) is 5.75 Å². The van der Waals surface area contributed by atoms with Gasteiger partial charge in [0.15, 0.2) is 11.6 Å². The summed E-state index contributed by atoms with van der Waals surface area (Å²) in [5.74, 6) is 2.08. The molecule has 0 radical (unpaired) electrons. The maximum absolute atomic E-state index is 6.39. The molecule has 0 amide bonds. The second-order valence-corrected chi connectivity index (χ2v) is 7.72. The van der Waals surface area contributed by atoms with E-state index in [2.05, 4.69) is 37.2 Å². The monoisotopic (exact) mass is 444 g/mol. The Hall–Kier alpha value is -2.90. The van der Waals surface area contributed by atoms with Crippen molar-refractivity contribution < 1.29 is 4.74 Å². The van der Waals surface area contributed by atoms with E-state index in [0.717, 1.165) is 31.9 Å². The number of aromatic nitrogens is 2. The molecule has 30 heavy (non-hydrogen) atoms. The summed E-state index contributed by atoms with van der Waals surface area (Å²) < 4.78 is 5.24. The fraction of sp³-hybridized carbons (Fsp3) is 0.238. The van der Waals surface area contributed by atoms with Crippen molar-refractivity contribution >= 4 is 51.9 Å². The normalized spacial score (nSPS) is 14.0. The van der Waals surface area contributed by atoms with E-state index in [-0.39, 0.29) is 0 Å². The topological polar surface area (TPSA) is 79.5 Å². The fourth-order valence-electron chi connectivity index (χ4n) is 3.43. The Morgan fingerprint density at radius 2 is 1.67 bits per heavy atom. The van der Waals surface area contributed by atoms with Crippen molar-refractivity contribution in [2.75, 3.05) is 54.1 Å². The lowest BCUT2D eigenvalue weighted by Gasteiger charge is -2.37. The number of nitrogens with one attached hydrogen (secondary N) is 1. The zero-order chi connectivity index (χ0) is 21.1. The molecule has 0 saturated carbocycles. The summed E-state index contributed by atoms with van der Waals surface area (Å²) in [5.41, 5.74) is 8.74. The number of piperazine rings is 1. The minimum Gasteiger partial charge on any atom is -0.497 e. The van der Waals surface area contributed by atoms with Gasteiger partial charge in [-0.15, -0.1) is 0 Å². The van der Waals surface area contributed by atoms with Gasteiger partial charge in [0.2, 0.25) is 0 Å². The number of ether oxygens (including phenoxy) is 1. The first-order chi connectivity index (χ1) is 14.5. The van der Waals surface area contributed by atoms with Crippen molar-refractivity contribution in [1.29, 1.82) is 0 Å². The summed E-state index contributed by atoms with van der Waals surface area (Å²) in [7, 11) is 1.67. The molecule has 156 valence electrons. The molecule has 0 aliphatic carbocycles. The Morgan fingerprint density at radius 3 is 2.33 bits per heavy atom. The number of anilines is 5. The molecule has 0 unspecified atom stereocenters. The Balaban J connectivity index is 1.46. The number of nitrogens with zero attached hydrogens (tertiary/aromatic N) is 4. The molecule has 4 rings (SSSR count). The lowest BCUT2D eigenvalue weighted by Crippen LogP contribution is -2.47. The molecule has 1 aromatic heterocycles. The molecule has 1 aliphatic rings. The van der Waals surface area contributed by atoms with Gasteiger partial charge in [-0.25, -0.2) is 9.97 Å². The second-order valence-electron chi connectivity index (χ2n) is 6.88. The molecular weight excluding hydrogens is 423 g/mol. The van der Waals surface area contributed by atoms with Crippen molar-refractivity contribution in [2.45, 2.75) is 0 Å². The van der Waals surface area contributed by atoms with Gasteiger partial charge in [0.1, 0.15) is 17.8 Å². The molecule has 0 bridgehead atoms. The van der Waals surface area contributed by atoms with Crippen LogP contribution in [-0.2, 0) is 0 Å². The van der Waals surface area contributed by atoms with E-state index >= 15 is 0 Å². The predicted octanol–water partition coefficient (Wildman–Crippen LogP) is 4.44. The number of methoxy groups -OCH3 is 1. The van der Waals surface area contributed by atoms with E-state index in [4.69, 9.17) is 33.7 Å². The molecule has 7 nitrogen and oxygen atoms in total. The summed E-state index contributed by atoms with van der Waals surface area (Å²) in [4.78, 5) is 13.2. The van der Waals surface area contributed by atoms with Crippen LogP contribution in [0, 0.1) is 0 Å². The average molecular weight is 445 g/mol. The van der Waals surface area contributed by atoms with Gasteiger partial charge in [-0.05, 0) is 42.5 Å². The first-order valence-electron chi connectivity index (χ1n) is 9.51. The van der Waals surface area contributed by atoms with Gasteiger partial charge >= 0.3 is 0 Å².